The average molecular weight is 316 g/mol. The molecule has 0 saturated carbocycles. The molecule has 0 saturated heterocycles. The Kier molecular flexibility index (Phi) is 5.98. The SMILES string of the molecule is Clc1cccc(Cl)c1OCCNCCc1ccsc1. The lowest BCUT2D eigenvalue weighted by atomic mass is 10.2. The molecule has 0 aliphatic carbocycles. The van der Waals surface area contributed by atoms with Gasteiger partial charge in [0.25, 0.3) is 0 Å². The number of hydrogen-bond donors (Lipinski definition) is 1. The quantitative estimate of drug-likeness (QED) is 0.770. The largest absolute Gasteiger partial charge is 0.489 e. The van der Waals surface area contributed by atoms with Crippen LogP contribution in [-0.4, -0.2) is 19.7 Å². The lowest BCUT2D eigenvalue weighted by molar-refractivity contribution is 0.315. The molecule has 0 spiro atoms. The average Bonchev–Trinajstić information content (AvgIpc) is 2.89. The highest BCUT2D eigenvalue weighted by Gasteiger charge is 2.05. The Bertz CT molecular complexity index is 482. The van der Waals surface area contributed by atoms with Crippen LogP contribution in [0.15, 0.2) is 35.0 Å². The molecule has 19 heavy (non-hydrogen) atoms. The molecule has 0 fully saturated rings. The van der Waals surface area contributed by atoms with E-state index < -0.39 is 0 Å². The fourth-order valence-electron chi connectivity index (χ4n) is 1.64. The molecule has 0 aliphatic heterocycles. The van der Waals surface area contributed by atoms with Crippen molar-refractivity contribution in [3.05, 3.63) is 50.6 Å². The van der Waals surface area contributed by atoms with E-state index in [4.69, 9.17) is 27.9 Å². The standard InChI is InChI=1S/C14H15Cl2NOS/c15-12-2-1-3-13(16)14(12)18-8-7-17-6-4-11-5-9-19-10-11/h1-3,5,9-10,17H,4,6-8H2. The highest BCUT2D eigenvalue weighted by Crippen LogP contribution is 2.32. The molecule has 1 heterocycles. The molecule has 5 heteroatoms. The van der Waals surface area contributed by atoms with E-state index in [1.807, 2.05) is 0 Å². The van der Waals surface area contributed by atoms with Crippen LogP contribution >= 0.6 is 34.5 Å². The van der Waals surface area contributed by atoms with Crippen LogP contribution < -0.4 is 10.1 Å². The van der Waals surface area contributed by atoms with Gasteiger partial charge in [-0.3, -0.25) is 0 Å². The van der Waals surface area contributed by atoms with Crippen molar-refractivity contribution >= 4 is 34.5 Å². The lowest BCUT2D eigenvalue weighted by Gasteiger charge is -2.10. The number of benzene rings is 1. The van der Waals surface area contributed by atoms with Crippen molar-refractivity contribution in [1.82, 2.24) is 5.32 Å². The van der Waals surface area contributed by atoms with Gasteiger partial charge < -0.3 is 10.1 Å². The smallest absolute Gasteiger partial charge is 0.156 e. The van der Waals surface area contributed by atoms with Gasteiger partial charge in [0, 0.05) is 6.54 Å². The molecular weight excluding hydrogens is 301 g/mol. The molecule has 0 aliphatic rings. The van der Waals surface area contributed by atoms with Crippen LogP contribution in [-0.2, 0) is 6.42 Å². The number of halogens is 2. The number of nitrogens with one attached hydrogen (secondary N) is 1. The van der Waals surface area contributed by atoms with Crippen LogP contribution in [0.25, 0.3) is 0 Å². The summed E-state index contributed by atoms with van der Waals surface area (Å²) in [6.07, 6.45) is 1.04. The molecule has 2 nitrogen and oxygen atoms in total. The van der Waals surface area contributed by atoms with Crippen LogP contribution in [0.5, 0.6) is 5.75 Å². The van der Waals surface area contributed by atoms with Crippen molar-refractivity contribution in [3.63, 3.8) is 0 Å². The molecule has 0 amide bonds. The zero-order chi connectivity index (χ0) is 13.5. The van der Waals surface area contributed by atoms with Crippen molar-refractivity contribution in [1.29, 1.82) is 0 Å². The van der Waals surface area contributed by atoms with Crippen molar-refractivity contribution < 1.29 is 4.74 Å². The maximum atomic E-state index is 6.01. The van der Waals surface area contributed by atoms with Crippen molar-refractivity contribution in [3.8, 4) is 5.75 Å². The second-order valence-electron chi connectivity index (χ2n) is 4.03. The zero-order valence-electron chi connectivity index (χ0n) is 10.4. The molecule has 0 atom stereocenters. The van der Waals surface area contributed by atoms with Crippen LogP contribution in [0.4, 0.5) is 0 Å². The Morgan fingerprint density at radius 3 is 2.58 bits per heavy atom. The molecule has 1 aromatic heterocycles. The molecule has 0 unspecified atom stereocenters. The number of hydrogen-bond acceptors (Lipinski definition) is 3. The molecular formula is C14H15Cl2NOS. The van der Waals surface area contributed by atoms with Crippen LogP contribution in [0.2, 0.25) is 10.0 Å². The van der Waals surface area contributed by atoms with Gasteiger partial charge in [0.2, 0.25) is 0 Å². The van der Waals surface area contributed by atoms with Crippen molar-refractivity contribution in [2.24, 2.45) is 0 Å². The van der Waals surface area contributed by atoms with E-state index in [1.165, 1.54) is 5.56 Å². The third-order valence-electron chi connectivity index (χ3n) is 2.61. The van der Waals surface area contributed by atoms with E-state index >= 15 is 0 Å². The minimum Gasteiger partial charge on any atom is -0.489 e. The van der Waals surface area contributed by atoms with Gasteiger partial charge in [0.05, 0.1) is 10.0 Å². The van der Waals surface area contributed by atoms with Gasteiger partial charge >= 0.3 is 0 Å². The summed E-state index contributed by atoms with van der Waals surface area (Å²) >= 11 is 13.7. The van der Waals surface area contributed by atoms with Crippen LogP contribution in [0, 0.1) is 0 Å². The fraction of sp³-hybridized carbons (Fsp3) is 0.286. The van der Waals surface area contributed by atoms with Gasteiger partial charge in [0.15, 0.2) is 5.75 Å². The van der Waals surface area contributed by atoms with Crippen LogP contribution in [0.1, 0.15) is 5.56 Å². The molecule has 2 rings (SSSR count). The molecule has 1 N–H and O–H groups in total. The highest BCUT2D eigenvalue weighted by atomic mass is 35.5. The summed E-state index contributed by atoms with van der Waals surface area (Å²) in [5.41, 5.74) is 1.37. The first-order valence-electron chi connectivity index (χ1n) is 6.06. The topological polar surface area (TPSA) is 21.3 Å². The van der Waals surface area contributed by atoms with Gasteiger partial charge in [-0.1, -0.05) is 29.3 Å². The second kappa shape index (κ2) is 7.75. The monoisotopic (exact) mass is 315 g/mol. The predicted octanol–water partition coefficient (Wildman–Crippen LogP) is 4.27. The van der Waals surface area contributed by atoms with E-state index in [0.717, 1.165) is 19.5 Å². The molecule has 102 valence electrons. The number of thiophene rings is 1. The summed E-state index contributed by atoms with van der Waals surface area (Å²) in [6.45, 7) is 2.26. The first kappa shape index (κ1) is 14.7. The zero-order valence-corrected chi connectivity index (χ0v) is 12.7. The number of para-hydroxylation sites is 1. The van der Waals surface area contributed by atoms with Crippen molar-refractivity contribution in [2.45, 2.75) is 6.42 Å². The van der Waals surface area contributed by atoms with E-state index in [0.29, 0.717) is 22.4 Å². The minimum atomic E-state index is 0.547. The lowest BCUT2D eigenvalue weighted by Crippen LogP contribution is -2.23. The number of rotatable bonds is 7. The van der Waals surface area contributed by atoms with Crippen LogP contribution in [0.3, 0.4) is 0 Å². The van der Waals surface area contributed by atoms with Crippen molar-refractivity contribution in [2.75, 3.05) is 19.7 Å². The Hall–Kier alpha value is -0.740. The van der Waals surface area contributed by atoms with Gasteiger partial charge in [-0.05, 0) is 47.5 Å². The Balaban J connectivity index is 1.64. The first-order valence-corrected chi connectivity index (χ1v) is 7.76. The van der Waals surface area contributed by atoms with Gasteiger partial charge in [-0.2, -0.15) is 11.3 Å². The van der Waals surface area contributed by atoms with E-state index in [1.54, 1.807) is 29.5 Å². The molecule has 0 radical (unpaired) electrons. The molecule has 1 aromatic carbocycles. The first-order chi connectivity index (χ1) is 9.27. The number of ether oxygens (including phenoxy) is 1. The molecule has 0 bridgehead atoms. The van der Waals surface area contributed by atoms with Gasteiger partial charge in [-0.25, -0.2) is 0 Å². The Morgan fingerprint density at radius 1 is 1.11 bits per heavy atom. The summed E-state index contributed by atoms with van der Waals surface area (Å²) in [5, 5.41) is 8.68. The third-order valence-corrected chi connectivity index (χ3v) is 3.94. The Labute approximate surface area is 127 Å². The summed E-state index contributed by atoms with van der Waals surface area (Å²) in [5.74, 6) is 0.561. The fourth-order valence-corrected chi connectivity index (χ4v) is 2.85. The second-order valence-corrected chi connectivity index (χ2v) is 5.63. The summed E-state index contributed by atoms with van der Waals surface area (Å²) in [7, 11) is 0. The maximum absolute atomic E-state index is 6.01. The summed E-state index contributed by atoms with van der Waals surface area (Å²) in [6, 6.07) is 7.49. The minimum absolute atomic E-state index is 0.547. The van der Waals surface area contributed by atoms with Gasteiger partial charge in [-0.15, -0.1) is 0 Å². The van der Waals surface area contributed by atoms with Gasteiger partial charge in [0.1, 0.15) is 6.61 Å². The van der Waals surface area contributed by atoms with E-state index in [-0.39, 0.29) is 0 Å². The molecule has 2 aromatic rings. The normalized spacial score (nSPS) is 10.6. The maximum Gasteiger partial charge on any atom is 0.156 e. The summed E-state index contributed by atoms with van der Waals surface area (Å²) in [4.78, 5) is 0. The predicted molar refractivity (Wildman–Crippen MR) is 82.8 cm³/mol. The third kappa shape index (κ3) is 4.69. The Morgan fingerprint density at radius 2 is 1.89 bits per heavy atom. The highest BCUT2D eigenvalue weighted by molar-refractivity contribution is 7.07. The van der Waals surface area contributed by atoms with E-state index in [9.17, 15) is 0 Å². The summed E-state index contributed by atoms with van der Waals surface area (Å²) < 4.78 is 5.58. The van der Waals surface area contributed by atoms with E-state index in [2.05, 4.69) is 22.1 Å².